The van der Waals surface area contributed by atoms with E-state index in [0.29, 0.717) is 5.02 Å². The Bertz CT molecular complexity index is 948. The summed E-state index contributed by atoms with van der Waals surface area (Å²) in [6.07, 6.45) is 0. The molecule has 2 aromatic carbocycles. The summed E-state index contributed by atoms with van der Waals surface area (Å²) >= 11 is 6.03. The number of halogens is 1. The molecular weight excluding hydrogens is 370 g/mol. The van der Waals surface area contributed by atoms with Crippen molar-refractivity contribution in [3.05, 3.63) is 82.1 Å². The van der Waals surface area contributed by atoms with Gasteiger partial charge >= 0.3 is 0 Å². The number of likely N-dealkylation sites (N-methyl/N-ethyl adjacent to an activating group) is 1. The van der Waals surface area contributed by atoms with Gasteiger partial charge < -0.3 is 10.2 Å². The number of rotatable bonds is 8. The summed E-state index contributed by atoms with van der Waals surface area (Å²) in [7, 11) is 0. The van der Waals surface area contributed by atoms with E-state index in [2.05, 4.69) is 24.1 Å². The molecule has 0 aliphatic heterocycles. The average Bonchev–Trinajstić information content (AvgIpc) is 2.72. The van der Waals surface area contributed by atoms with E-state index in [-0.39, 0.29) is 5.56 Å². The maximum absolute atomic E-state index is 13.0. The van der Waals surface area contributed by atoms with Gasteiger partial charge in [0.15, 0.2) is 0 Å². The zero-order valence-corrected chi connectivity index (χ0v) is 17.1. The van der Waals surface area contributed by atoms with Crippen LogP contribution in [0.15, 0.2) is 71.5 Å². The Kier molecular flexibility index (Phi) is 6.90. The van der Waals surface area contributed by atoms with Crippen molar-refractivity contribution >= 4 is 17.4 Å². The summed E-state index contributed by atoms with van der Waals surface area (Å²) in [6, 6.07) is 21.0. The van der Waals surface area contributed by atoms with Gasteiger partial charge in [-0.2, -0.15) is 0 Å². The number of pyridine rings is 1. The first kappa shape index (κ1) is 20.2. The third-order valence-corrected chi connectivity index (χ3v) is 5.10. The Morgan fingerprint density at radius 1 is 0.929 bits per heavy atom. The van der Waals surface area contributed by atoms with Crippen LogP contribution >= 0.6 is 11.6 Å². The van der Waals surface area contributed by atoms with Gasteiger partial charge in [0.05, 0.1) is 5.69 Å². The third-order valence-electron chi connectivity index (χ3n) is 4.85. The van der Waals surface area contributed by atoms with Crippen LogP contribution in [0.4, 0.5) is 5.82 Å². The van der Waals surface area contributed by atoms with Crippen molar-refractivity contribution in [1.29, 1.82) is 0 Å². The van der Waals surface area contributed by atoms with Crippen LogP contribution in [0.1, 0.15) is 13.8 Å². The fourth-order valence-corrected chi connectivity index (χ4v) is 3.36. The highest BCUT2D eigenvalue weighted by molar-refractivity contribution is 6.30. The first-order chi connectivity index (χ1) is 13.6. The average molecular weight is 396 g/mol. The molecule has 0 amide bonds. The molecule has 0 saturated carbocycles. The van der Waals surface area contributed by atoms with Crippen LogP contribution in [0.2, 0.25) is 5.02 Å². The predicted molar refractivity (Wildman–Crippen MR) is 119 cm³/mol. The monoisotopic (exact) mass is 395 g/mol. The van der Waals surface area contributed by atoms with E-state index in [9.17, 15) is 4.79 Å². The quantitative estimate of drug-likeness (QED) is 0.588. The zero-order valence-electron chi connectivity index (χ0n) is 16.4. The van der Waals surface area contributed by atoms with E-state index < -0.39 is 0 Å². The molecule has 5 heteroatoms. The Balaban J connectivity index is 2.00. The van der Waals surface area contributed by atoms with Crippen LogP contribution in [-0.4, -0.2) is 35.6 Å². The highest BCUT2D eigenvalue weighted by Gasteiger charge is 2.11. The van der Waals surface area contributed by atoms with Gasteiger partial charge in [0, 0.05) is 24.2 Å². The van der Waals surface area contributed by atoms with Gasteiger partial charge in [0.2, 0.25) is 0 Å². The maximum atomic E-state index is 13.0. The highest BCUT2D eigenvalue weighted by atomic mass is 35.5. The molecule has 0 atom stereocenters. The Labute approximate surface area is 171 Å². The minimum absolute atomic E-state index is 0.0750. The SMILES string of the molecule is CCN(CC)CCNc1cc(-c2ccccc2)cc(=O)n1-c1ccc(Cl)cc1. The molecule has 0 bridgehead atoms. The maximum Gasteiger partial charge on any atom is 0.257 e. The van der Waals surface area contributed by atoms with E-state index in [0.717, 1.165) is 48.8 Å². The second kappa shape index (κ2) is 9.58. The van der Waals surface area contributed by atoms with Crippen molar-refractivity contribution in [3.63, 3.8) is 0 Å². The molecule has 3 rings (SSSR count). The van der Waals surface area contributed by atoms with Crippen LogP contribution in [0.25, 0.3) is 16.8 Å². The molecule has 0 spiro atoms. The second-order valence-corrected chi connectivity index (χ2v) is 7.04. The Hall–Kier alpha value is -2.56. The summed E-state index contributed by atoms with van der Waals surface area (Å²) in [5.41, 5.74) is 2.64. The van der Waals surface area contributed by atoms with E-state index >= 15 is 0 Å². The Morgan fingerprint density at radius 3 is 2.25 bits per heavy atom. The normalized spacial score (nSPS) is 11.0. The lowest BCUT2D eigenvalue weighted by molar-refractivity contribution is 0.316. The van der Waals surface area contributed by atoms with Gasteiger partial charge in [-0.3, -0.25) is 9.36 Å². The molecule has 0 fully saturated rings. The van der Waals surface area contributed by atoms with E-state index in [1.807, 2.05) is 48.5 Å². The van der Waals surface area contributed by atoms with Crippen LogP contribution < -0.4 is 10.9 Å². The molecule has 0 saturated heterocycles. The molecule has 1 aromatic heterocycles. The van der Waals surface area contributed by atoms with Crippen molar-refractivity contribution in [1.82, 2.24) is 9.47 Å². The van der Waals surface area contributed by atoms with Gasteiger partial charge in [-0.15, -0.1) is 0 Å². The predicted octanol–water partition coefficient (Wildman–Crippen LogP) is 4.91. The fraction of sp³-hybridized carbons (Fsp3) is 0.261. The molecule has 0 unspecified atom stereocenters. The number of nitrogens with zero attached hydrogens (tertiary/aromatic N) is 2. The van der Waals surface area contributed by atoms with Gasteiger partial charge in [-0.05, 0) is 54.5 Å². The number of hydrogen-bond donors (Lipinski definition) is 1. The van der Waals surface area contributed by atoms with E-state index in [1.54, 1.807) is 22.8 Å². The lowest BCUT2D eigenvalue weighted by Gasteiger charge is -2.20. The number of aromatic nitrogens is 1. The van der Waals surface area contributed by atoms with Crippen molar-refractivity contribution in [2.24, 2.45) is 0 Å². The fourth-order valence-electron chi connectivity index (χ4n) is 3.24. The summed E-state index contributed by atoms with van der Waals surface area (Å²) in [4.78, 5) is 15.4. The molecule has 0 aliphatic carbocycles. The van der Waals surface area contributed by atoms with Gasteiger partial charge in [-0.25, -0.2) is 0 Å². The summed E-state index contributed by atoms with van der Waals surface area (Å²) < 4.78 is 1.70. The zero-order chi connectivity index (χ0) is 19.9. The largest absolute Gasteiger partial charge is 0.370 e. The number of anilines is 1. The minimum Gasteiger partial charge on any atom is -0.370 e. The minimum atomic E-state index is -0.0750. The number of hydrogen-bond acceptors (Lipinski definition) is 3. The van der Waals surface area contributed by atoms with Gasteiger partial charge in [0.1, 0.15) is 5.82 Å². The summed E-state index contributed by atoms with van der Waals surface area (Å²) in [6.45, 7) is 8.00. The van der Waals surface area contributed by atoms with E-state index in [1.165, 1.54) is 0 Å². The van der Waals surface area contributed by atoms with Crippen molar-refractivity contribution in [3.8, 4) is 16.8 Å². The molecule has 1 heterocycles. The highest BCUT2D eigenvalue weighted by Crippen LogP contribution is 2.23. The standard InChI is InChI=1S/C23H26ClN3O/c1-3-26(4-2)15-14-25-22-16-19(18-8-6-5-7-9-18)17-23(28)27(22)21-12-10-20(24)11-13-21/h5-13,16-17,25H,3-4,14-15H2,1-2H3. The smallest absolute Gasteiger partial charge is 0.257 e. The number of benzene rings is 2. The Morgan fingerprint density at radius 2 is 1.61 bits per heavy atom. The lowest BCUT2D eigenvalue weighted by atomic mass is 10.1. The summed E-state index contributed by atoms with van der Waals surface area (Å²) in [5.74, 6) is 0.779. The molecule has 28 heavy (non-hydrogen) atoms. The van der Waals surface area contributed by atoms with Crippen LogP contribution in [0, 0.1) is 0 Å². The first-order valence-electron chi connectivity index (χ1n) is 9.67. The molecule has 4 nitrogen and oxygen atoms in total. The van der Waals surface area contributed by atoms with Crippen LogP contribution in [0.5, 0.6) is 0 Å². The van der Waals surface area contributed by atoms with Crippen molar-refractivity contribution < 1.29 is 0 Å². The van der Waals surface area contributed by atoms with Crippen LogP contribution in [-0.2, 0) is 0 Å². The molecule has 1 N–H and O–H groups in total. The second-order valence-electron chi connectivity index (χ2n) is 6.60. The van der Waals surface area contributed by atoms with Gasteiger partial charge in [-0.1, -0.05) is 55.8 Å². The molecule has 0 aliphatic rings. The first-order valence-corrected chi connectivity index (χ1v) is 10.0. The third kappa shape index (κ3) is 4.83. The van der Waals surface area contributed by atoms with Crippen LogP contribution in [0.3, 0.4) is 0 Å². The molecule has 0 radical (unpaired) electrons. The number of nitrogens with one attached hydrogen (secondary N) is 1. The van der Waals surface area contributed by atoms with E-state index in [4.69, 9.17) is 11.6 Å². The summed E-state index contributed by atoms with van der Waals surface area (Å²) in [5, 5.41) is 4.11. The lowest BCUT2D eigenvalue weighted by Crippen LogP contribution is -2.30. The molecule has 3 aromatic rings. The molecular formula is C23H26ClN3O. The topological polar surface area (TPSA) is 37.3 Å². The van der Waals surface area contributed by atoms with Gasteiger partial charge in [0.25, 0.3) is 5.56 Å². The van der Waals surface area contributed by atoms with Crippen molar-refractivity contribution in [2.45, 2.75) is 13.8 Å². The molecule has 146 valence electrons. The van der Waals surface area contributed by atoms with Crippen molar-refractivity contribution in [2.75, 3.05) is 31.5 Å².